The maximum absolute atomic E-state index is 13.3. The van der Waals surface area contributed by atoms with Crippen molar-refractivity contribution in [2.75, 3.05) is 13.6 Å². The molecule has 1 aromatic rings. The van der Waals surface area contributed by atoms with Crippen molar-refractivity contribution < 1.29 is 9.50 Å². The molecule has 1 rings (SSSR count). The number of phenolic OH excluding ortho intramolecular Hbond substituents is 1. The van der Waals surface area contributed by atoms with Gasteiger partial charge in [-0.3, -0.25) is 0 Å². The van der Waals surface area contributed by atoms with Gasteiger partial charge in [-0.2, -0.15) is 0 Å². The molecule has 0 aliphatic rings. The van der Waals surface area contributed by atoms with Gasteiger partial charge in [0, 0.05) is 6.54 Å². The van der Waals surface area contributed by atoms with Crippen LogP contribution in [0.2, 0.25) is 0 Å². The molecule has 0 saturated heterocycles. The standard InChI is InChI=1S/C9H11BrFNO/c1-12-5-8(11)6-2-3-9(13)7(10)4-6/h2-4,8,12-13H,5H2,1H3. The predicted molar refractivity (Wildman–Crippen MR) is 53.6 cm³/mol. The van der Waals surface area contributed by atoms with Crippen LogP contribution in [0.25, 0.3) is 0 Å². The van der Waals surface area contributed by atoms with Crippen LogP contribution < -0.4 is 5.32 Å². The van der Waals surface area contributed by atoms with Crippen LogP contribution in [0, 0.1) is 0 Å². The second-order valence-electron chi connectivity index (χ2n) is 2.74. The van der Waals surface area contributed by atoms with Crippen LogP contribution in [0.4, 0.5) is 4.39 Å². The van der Waals surface area contributed by atoms with Gasteiger partial charge in [0.25, 0.3) is 0 Å². The minimum absolute atomic E-state index is 0.125. The van der Waals surface area contributed by atoms with Gasteiger partial charge in [-0.25, -0.2) is 4.39 Å². The maximum Gasteiger partial charge on any atom is 0.138 e. The Kier molecular flexibility index (Phi) is 3.69. The molecule has 13 heavy (non-hydrogen) atoms. The van der Waals surface area contributed by atoms with Crippen molar-refractivity contribution in [1.29, 1.82) is 0 Å². The molecule has 0 radical (unpaired) electrons. The minimum Gasteiger partial charge on any atom is -0.507 e. The molecule has 1 unspecified atom stereocenters. The highest BCUT2D eigenvalue weighted by Crippen LogP contribution is 2.28. The molecule has 0 spiro atoms. The first-order valence-corrected chi connectivity index (χ1v) is 4.71. The van der Waals surface area contributed by atoms with E-state index in [0.717, 1.165) is 0 Å². The molecule has 2 nitrogen and oxygen atoms in total. The van der Waals surface area contributed by atoms with Gasteiger partial charge in [-0.05, 0) is 40.7 Å². The van der Waals surface area contributed by atoms with Gasteiger partial charge in [0.2, 0.25) is 0 Å². The van der Waals surface area contributed by atoms with E-state index < -0.39 is 6.17 Å². The number of likely N-dealkylation sites (N-methyl/N-ethyl adjacent to an activating group) is 1. The number of phenols is 1. The third-order valence-electron chi connectivity index (χ3n) is 1.72. The molecular formula is C9H11BrFNO. The molecule has 0 aliphatic carbocycles. The Balaban J connectivity index is 2.84. The molecule has 1 aromatic carbocycles. The molecule has 0 aliphatic heterocycles. The van der Waals surface area contributed by atoms with Gasteiger partial charge in [0.1, 0.15) is 11.9 Å². The second-order valence-corrected chi connectivity index (χ2v) is 3.59. The smallest absolute Gasteiger partial charge is 0.138 e. The first-order chi connectivity index (χ1) is 6.15. The summed E-state index contributed by atoms with van der Waals surface area (Å²) in [5.74, 6) is 0.125. The van der Waals surface area contributed by atoms with E-state index in [0.29, 0.717) is 10.0 Å². The number of aromatic hydroxyl groups is 1. The van der Waals surface area contributed by atoms with Gasteiger partial charge in [0.15, 0.2) is 0 Å². The molecular weight excluding hydrogens is 237 g/mol. The Hall–Kier alpha value is -0.610. The monoisotopic (exact) mass is 247 g/mol. The topological polar surface area (TPSA) is 32.3 Å². The van der Waals surface area contributed by atoms with Crippen molar-refractivity contribution in [3.05, 3.63) is 28.2 Å². The fraction of sp³-hybridized carbons (Fsp3) is 0.333. The predicted octanol–water partition coefficient (Wildman–Crippen LogP) is 2.38. The summed E-state index contributed by atoms with van der Waals surface area (Å²) < 4.78 is 13.8. The average Bonchev–Trinajstić information content (AvgIpc) is 2.10. The van der Waals surface area contributed by atoms with Crippen molar-refractivity contribution >= 4 is 15.9 Å². The van der Waals surface area contributed by atoms with Crippen LogP contribution in [-0.2, 0) is 0 Å². The van der Waals surface area contributed by atoms with E-state index in [1.165, 1.54) is 6.07 Å². The zero-order chi connectivity index (χ0) is 9.84. The molecule has 2 N–H and O–H groups in total. The van der Waals surface area contributed by atoms with Crippen LogP contribution in [-0.4, -0.2) is 18.7 Å². The van der Waals surface area contributed by atoms with E-state index in [1.807, 2.05) is 0 Å². The van der Waals surface area contributed by atoms with Crippen LogP contribution in [0.3, 0.4) is 0 Å². The van der Waals surface area contributed by atoms with E-state index in [4.69, 9.17) is 0 Å². The lowest BCUT2D eigenvalue weighted by Gasteiger charge is -2.08. The summed E-state index contributed by atoms with van der Waals surface area (Å²) in [6.45, 7) is 0.275. The molecule has 72 valence electrons. The number of alkyl halides is 1. The average molecular weight is 248 g/mol. The summed E-state index contributed by atoms with van der Waals surface area (Å²) in [7, 11) is 1.70. The fourth-order valence-electron chi connectivity index (χ4n) is 1.02. The van der Waals surface area contributed by atoms with E-state index in [1.54, 1.807) is 19.2 Å². The Bertz CT molecular complexity index is 293. The van der Waals surface area contributed by atoms with Gasteiger partial charge in [0.05, 0.1) is 4.47 Å². The molecule has 0 bridgehead atoms. The molecule has 1 atom stereocenters. The molecule has 0 heterocycles. The van der Waals surface area contributed by atoms with Crippen LogP contribution in [0.15, 0.2) is 22.7 Å². The summed E-state index contributed by atoms with van der Waals surface area (Å²) in [5, 5.41) is 11.9. The lowest BCUT2D eigenvalue weighted by atomic mass is 10.1. The summed E-state index contributed by atoms with van der Waals surface area (Å²) >= 11 is 3.13. The Morgan fingerprint density at radius 2 is 2.31 bits per heavy atom. The summed E-state index contributed by atoms with van der Waals surface area (Å²) in [6.07, 6.45) is -1.04. The van der Waals surface area contributed by atoms with Gasteiger partial charge < -0.3 is 10.4 Å². The Labute approximate surface area is 84.9 Å². The van der Waals surface area contributed by atoms with Gasteiger partial charge in [-0.1, -0.05) is 6.07 Å². The maximum atomic E-state index is 13.3. The molecule has 0 fully saturated rings. The highest BCUT2D eigenvalue weighted by Gasteiger charge is 2.09. The van der Waals surface area contributed by atoms with Crippen molar-refractivity contribution in [2.24, 2.45) is 0 Å². The normalized spacial score (nSPS) is 12.8. The van der Waals surface area contributed by atoms with E-state index >= 15 is 0 Å². The highest BCUT2D eigenvalue weighted by atomic mass is 79.9. The zero-order valence-corrected chi connectivity index (χ0v) is 8.81. The fourth-order valence-corrected chi connectivity index (χ4v) is 1.41. The van der Waals surface area contributed by atoms with Gasteiger partial charge in [-0.15, -0.1) is 0 Å². The number of nitrogens with one attached hydrogen (secondary N) is 1. The number of hydrogen-bond donors (Lipinski definition) is 2. The SMILES string of the molecule is CNCC(F)c1ccc(O)c(Br)c1. The van der Waals surface area contributed by atoms with E-state index in [2.05, 4.69) is 21.2 Å². The first-order valence-electron chi connectivity index (χ1n) is 3.92. The summed E-state index contributed by atoms with van der Waals surface area (Å²) in [6, 6.07) is 4.63. The van der Waals surface area contributed by atoms with E-state index in [-0.39, 0.29) is 12.3 Å². The Morgan fingerprint density at radius 3 is 2.85 bits per heavy atom. The number of hydrogen-bond acceptors (Lipinski definition) is 2. The zero-order valence-electron chi connectivity index (χ0n) is 7.22. The quantitative estimate of drug-likeness (QED) is 0.860. The molecule has 0 saturated carbocycles. The van der Waals surface area contributed by atoms with Crippen molar-refractivity contribution in [1.82, 2.24) is 5.32 Å². The lowest BCUT2D eigenvalue weighted by Crippen LogP contribution is -2.13. The lowest BCUT2D eigenvalue weighted by molar-refractivity contribution is 0.335. The minimum atomic E-state index is -1.04. The van der Waals surface area contributed by atoms with Gasteiger partial charge >= 0.3 is 0 Å². The number of benzene rings is 1. The first kappa shape index (κ1) is 10.5. The van der Waals surface area contributed by atoms with Crippen LogP contribution in [0.1, 0.15) is 11.7 Å². The third kappa shape index (κ3) is 2.67. The number of rotatable bonds is 3. The summed E-state index contributed by atoms with van der Waals surface area (Å²) in [4.78, 5) is 0. The molecule has 4 heteroatoms. The Morgan fingerprint density at radius 1 is 1.62 bits per heavy atom. The molecule has 0 amide bonds. The third-order valence-corrected chi connectivity index (χ3v) is 2.35. The van der Waals surface area contributed by atoms with Crippen LogP contribution >= 0.6 is 15.9 Å². The van der Waals surface area contributed by atoms with Crippen molar-refractivity contribution in [3.63, 3.8) is 0 Å². The highest BCUT2D eigenvalue weighted by molar-refractivity contribution is 9.10. The second kappa shape index (κ2) is 4.58. The largest absolute Gasteiger partial charge is 0.507 e. The number of halogens is 2. The summed E-state index contributed by atoms with van der Waals surface area (Å²) in [5.41, 5.74) is 0.555. The van der Waals surface area contributed by atoms with E-state index in [9.17, 15) is 9.50 Å². The van der Waals surface area contributed by atoms with Crippen molar-refractivity contribution in [2.45, 2.75) is 6.17 Å². The molecule has 0 aromatic heterocycles. The van der Waals surface area contributed by atoms with Crippen LogP contribution in [0.5, 0.6) is 5.75 Å². The van der Waals surface area contributed by atoms with Crippen molar-refractivity contribution in [3.8, 4) is 5.75 Å².